The molecule has 0 fully saturated rings. The molecule has 0 atom stereocenters. The van der Waals surface area contributed by atoms with E-state index in [-0.39, 0.29) is 11.0 Å². The summed E-state index contributed by atoms with van der Waals surface area (Å²) >= 11 is 0. The second-order valence-electron chi connectivity index (χ2n) is 7.17. The van der Waals surface area contributed by atoms with Crippen molar-refractivity contribution in [3.63, 3.8) is 0 Å². The summed E-state index contributed by atoms with van der Waals surface area (Å²) in [5.74, 6) is 0. The molecular weight excluding hydrogens is 263 g/mol. The minimum absolute atomic E-state index is 0.0546. The maximum Gasteiger partial charge on any atom is 0.416 e. The van der Waals surface area contributed by atoms with E-state index in [9.17, 15) is 13.2 Å². The van der Waals surface area contributed by atoms with Gasteiger partial charge in [-0.05, 0) is 43.4 Å². The van der Waals surface area contributed by atoms with Crippen molar-refractivity contribution in [1.82, 2.24) is 5.32 Å². The Hall–Kier alpha value is -1.03. The van der Waals surface area contributed by atoms with Crippen molar-refractivity contribution in [2.45, 2.75) is 59.3 Å². The first-order valence-corrected chi connectivity index (χ1v) is 6.80. The normalized spacial score (nSPS) is 13.6. The number of halogens is 3. The topological polar surface area (TPSA) is 12.0 Å². The van der Waals surface area contributed by atoms with Crippen LogP contribution in [0.2, 0.25) is 0 Å². The summed E-state index contributed by atoms with van der Waals surface area (Å²) in [5.41, 5.74) is 0.410. The fraction of sp³-hybridized carbons (Fsp3) is 0.625. The zero-order valence-electron chi connectivity index (χ0n) is 12.9. The summed E-state index contributed by atoms with van der Waals surface area (Å²) in [7, 11) is 0. The van der Waals surface area contributed by atoms with Crippen LogP contribution in [0.25, 0.3) is 0 Å². The second kappa shape index (κ2) is 5.76. The van der Waals surface area contributed by atoms with Crippen LogP contribution in [0.1, 0.15) is 52.2 Å². The van der Waals surface area contributed by atoms with Crippen LogP contribution in [0.15, 0.2) is 24.3 Å². The van der Waals surface area contributed by atoms with Crippen molar-refractivity contribution in [2.24, 2.45) is 5.41 Å². The number of rotatable bonds is 4. The zero-order chi connectivity index (χ0) is 15.6. The van der Waals surface area contributed by atoms with E-state index in [1.54, 1.807) is 0 Å². The minimum atomic E-state index is -4.27. The van der Waals surface area contributed by atoms with Crippen molar-refractivity contribution in [3.05, 3.63) is 35.4 Å². The van der Waals surface area contributed by atoms with E-state index < -0.39 is 11.7 Å². The Morgan fingerprint density at radius 3 is 1.80 bits per heavy atom. The highest BCUT2D eigenvalue weighted by atomic mass is 19.4. The molecule has 0 radical (unpaired) electrons. The van der Waals surface area contributed by atoms with E-state index >= 15 is 0 Å². The lowest BCUT2D eigenvalue weighted by Gasteiger charge is -2.33. The molecule has 0 unspecified atom stereocenters. The summed E-state index contributed by atoms with van der Waals surface area (Å²) in [6.45, 7) is 11.3. The standard InChI is InChI=1S/C16H24F3N/c1-14(2,3)11-15(4,5)20-10-12-6-8-13(9-7-12)16(17,18)19/h6-9,20H,10-11H2,1-5H3. The lowest BCUT2D eigenvalue weighted by atomic mass is 9.82. The maximum atomic E-state index is 12.5. The number of alkyl halides is 3. The molecule has 0 heterocycles. The first kappa shape index (κ1) is 17.0. The third kappa shape index (κ3) is 5.95. The van der Waals surface area contributed by atoms with Crippen molar-refractivity contribution >= 4 is 0 Å². The van der Waals surface area contributed by atoms with Gasteiger partial charge in [-0.25, -0.2) is 0 Å². The lowest BCUT2D eigenvalue weighted by Crippen LogP contribution is -2.41. The largest absolute Gasteiger partial charge is 0.416 e. The Morgan fingerprint density at radius 2 is 1.40 bits per heavy atom. The van der Waals surface area contributed by atoms with E-state index in [2.05, 4.69) is 39.9 Å². The molecular formula is C16H24F3N. The van der Waals surface area contributed by atoms with Crippen LogP contribution in [0.5, 0.6) is 0 Å². The second-order valence-corrected chi connectivity index (χ2v) is 7.17. The van der Waals surface area contributed by atoms with E-state index in [4.69, 9.17) is 0 Å². The van der Waals surface area contributed by atoms with Gasteiger partial charge in [-0.3, -0.25) is 0 Å². The van der Waals surface area contributed by atoms with Gasteiger partial charge in [0.15, 0.2) is 0 Å². The maximum absolute atomic E-state index is 12.5. The molecule has 0 aliphatic rings. The molecule has 0 aliphatic heterocycles. The molecule has 20 heavy (non-hydrogen) atoms. The SMILES string of the molecule is CC(C)(C)CC(C)(C)NCc1ccc(C(F)(F)F)cc1. The molecule has 1 aromatic rings. The molecule has 0 saturated heterocycles. The Balaban J connectivity index is 2.62. The van der Waals surface area contributed by atoms with Gasteiger partial charge in [0.1, 0.15) is 0 Å². The van der Waals surface area contributed by atoms with Crippen LogP contribution in [0.3, 0.4) is 0 Å². The van der Waals surface area contributed by atoms with Gasteiger partial charge >= 0.3 is 6.18 Å². The van der Waals surface area contributed by atoms with Crippen molar-refractivity contribution in [1.29, 1.82) is 0 Å². The molecule has 114 valence electrons. The highest BCUT2D eigenvalue weighted by Crippen LogP contribution is 2.29. The Bertz CT molecular complexity index is 425. The first-order chi connectivity index (χ1) is 8.89. The van der Waals surface area contributed by atoms with Crippen LogP contribution in [0, 0.1) is 5.41 Å². The van der Waals surface area contributed by atoms with Gasteiger partial charge in [-0.2, -0.15) is 13.2 Å². The Kier molecular flexibility index (Phi) is 4.90. The predicted molar refractivity (Wildman–Crippen MR) is 76.4 cm³/mol. The molecule has 0 bridgehead atoms. The van der Waals surface area contributed by atoms with Gasteiger partial charge in [-0.1, -0.05) is 32.9 Å². The lowest BCUT2D eigenvalue weighted by molar-refractivity contribution is -0.137. The van der Waals surface area contributed by atoms with E-state index in [1.807, 2.05) is 0 Å². The first-order valence-electron chi connectivity index (χ1n) is 6.80. The van der Waals surface area contributed by atoms with Gasteiger partial charge in [0, 0.05) is 12.1 Å². The molecule has 0 amide bonds. The molecule has 0 spiro atoms. The fourth-order valence-electron chi connectivity index (χ4n) is 2.54. The van der Waals surface area contributed by atoms with Crippen molar-refractivity contribution in [2.75, 3.05) is 0 Å². The third-order valence-electron chi connectivity index (χ3n) is 3.02. The zero-order valence-corrected chi connectivity index (χ0v) is 12.9. The van der Waals surface area contributed by atoms with Crippen molar-refractivity contribution < 1.29 is 13.2 Å². The van der Waals surface area contributed by atoms with Gasteiger partial charge < -0.3 is 5.32 Å². The van der Waals surface area contributed by atoms with Gasteiger partial charge in [0.25, 0.3) is 0 Å². The Morgan fingerprint density at radius 1 is 0.900 bits per heavy atom. The highest BCUT2D eigenvalue weighted by Gasteiger charge is 2.30. The van der Waals surface area contributed by atoms with Crippen LogP contribution < -0.4 is 5.32 Å². The third-order valence-corrected chi connectivity index (χ3v) is 3.02. The van der Waals surface area contributed by atoms with Crippen LogP contribution in [0.4, 0.5) is 13.2 Å². The molecule has 0 saturated carbocycles. The summed E-state index contributed by atoms with van der Waals surface area (Å²) in [6.07, 6.45) is -3.28. The smallest absolute Gasteiger partial charge is 0.308 e. The molecule has 1 nitrogen and oxygen atoms in total. The van der Waals surface area contributed by atoms with Gasteiger partial charge in [0.2, 0.25) is 0 Å². The van der Waals surface area contributed by atoms with Crippen LogP contribution in [-0.2, 0) is 12.7 Å². The summed E-state index contributed by atoms with van der Waals surface area (Å²) in [5, 5.41) is 3.41. The van der Waals surface area contributed by atoms with E-state index in [0.717, 1.165) is 24.1 Å². The average Bonchev–Trinajstić information content (AvgIpc) is 2.22. The molecule has 1 aromatic carbocycles. The van der Waals surface area contributed by atoms with Crippen molar-refractivity contribution in [3.8, 4) is 0 Å². The van der Waals surface area contributed by atoms with E-state index in [0.29, 0.717) is 6.54 Å². The predicted octanol–water partition coefficient (Wildman–Crippen LogP) is 5.01. The number of hydrogen-bond donors (Lipinski definition) is 1. The Labute approximate surface area is 119 Å². The number of nitrogens with one attached hydrogen (secondary N) is 1. The van der Waals surface area contributed by atoms with Crippen LogP contribution >= 0.6 is 0 Å². The fourth-order valence-corrected chi connectivity index (χ4v) is 2.54. The molecule has 1 rings (SSSR count). The monoisotopic (exact) mass is 287 g/mol. The number of benzene rings is 1. The van der Waals surface area contributed by atoms with Crippen LogP contribution in [-0.4, -0.2) is 5.54 Å². The minimum Gasteiger partial charge on any atom is -0.308 e. The average molecular weight is 287 g/mol. The van der Waals surface area contributed by atoms with E-state index in [1.165, 1.54) is 12.1 Å². The summed E-state index contributed by atoms with van der Waals surface area (Å²) in [4.78, 5) is 0. The molecule has 1 N–H and O–H groups in total. The van der Waals surface area contributed by atoms with Gasteiger partial charge in [-0.15, -0.1) is 0 Å². The molecule has 4 heteroatoms. The summed E-state index contributed by atoms with van der Waals surface area (Å²) < 4.78 is 37.4. The number of hydrogen-bond acceptors (Lipinski definition) is 1. The van der Waals surface area contributed by atoms with Gasteiger partial charge in [0.05, 0.1) is 5.56 Å². The molecule has 0 aliphatic carbocycles. The quantitative estimate of drug-likeness (QED) is 0.820. The molecule has 0 aromatic heterocycles. The summed E-state index contributed by atoms with van der Waals surface area (Å²) in [6, 6.07) is 5.33. The highest BCUT2D eigenvalue weighted by molar-refractivity contribution is 5.24.